The molecule has 1 N–H and O–H groups in total. The zero-order valence-corrected chi connectivity index (χ0v) is 18.9. The molecule has 7 nitrogen and oxygen atoms in total. The Morgan fingerprint density at radius 2 is 1.71 bits per heavy atom. The van der Waals surface area contributed by atoms with Crippen molar-refractivity contribution in [1.29, 1.82) is 0 Å². The van der Waals surface area contributed by atoms with Crippen LogP contribution in [-0.4, -0.2) is 35.2 Å². The normalized spacial score (nSPS) is 12.8. The molecule has 2 aromatic carbocycles. The number of hydrogen-bond acceptors (Lipinski definition) is 6. The Kier molecular flexibility index (Phi) is 6.65. The van der Waals surface area contributed by atoms with Gasteiger partial charge in [-0.25, -0.2) is 9.18 Å². The number of amides is 3. The molecule has 0 unspecified atom stereocenters. The molecule has 0 saturated heterocycles. The van der Waals surface area contributed by atoms with Crippen LogP contribution in [0.15, 0.2) is 60.7 Å². The van der Waals surface area contributed by atoms with Crippen LogP contribution in [0.25, 0.3) is 6.08 Å². The first-order valence-electron chi connectivity index (χ1n) is 10.4. The van der Waals surface area contributed by atoms with Gasteiger partial charge in [0, 0.05) is 11.0 Å². The number of anilines is 1. The minimum Gasteiger partial charge on any atom is -0.462 e. The average molecular weight is 479 g/mol. The monoisotopic (exact) mass is 478 g/mol. The third kappa shape index (κ3) is 4.79. The molecule has 2 heterocycles. The van der Waals surface area contributed by atoms with Crippen molar-refractivity contribution in [3.63, 3.8) is 0 Å². The van der Waals surface area contributed by atoms with E-state index in [9.17, 15) is 23.6 Å². The van der Waals surface area contributed by atoms with Crippen molar-refractivity contribution < 1.29 is 28.3 Å². The maximum atomic E-state index is 13.0. The number of nitrogens with zero attached hydrogens (tertiary/aromatic N) is 1. The standard InChI is InChI=1S/C25H19FN2O5S/c1-2-33-25(32)20-13-17(14-28-23(30)18-5-3-4-6-19(18)24(28)31)34-22(20)27-21(29)12-9-15-7-10-16(26)11-8-15/h3-13H,2,14H2,1H3,(H,27,29)/b12-9+. The van der Waals surface area contributed by atoms with E-state index < -0.39 is 23.7 Å². The number of thiophene rings is 1. The lowest BCUT2D eigenvalue weighted by atomic mass is 10.1. The molecule has 9 heteroatoms. The fourth-order valence-corrected chi connectivity index (χ4v) is 4.45. The van der Waals surface area contributed by atoms with Crippen molar-refractivity contribution in [1.82, 2.24) is 4.90 Å². The highest BCUT2D eigenvalue weighted by atomic mass is 32.1. The van der Waals surface area contributed by atoms with Crippen LogP contribution in [0.5, 0.6) is 0 Å². The Hall–Kier alpha value is -4.11. The van der Waals surface area contributed by atoms with Crippen LogP contribution in [0.1, 0.15) is 48.4 Å². The Balaban J connectivity index is 1.54. The molecule has 0 saturated carbocycles. The SMILES string of the molecule is CCOC(=O)c1cc(CN2C(=O)c3ccccc3C2=O)sc1NC(=O)/C=C/c1ccc(F)cc1. The molecule has 4 rings (SSSR count). The van der Waals surface area contributed by atoms with Crippen LogP contribution in [0.2, 0.25) is 0 Å². The highest BCUT2D eigenvalue weighted by Crippen LogP contribution is 2.32. The van der Waals surface area contributed by atoms with Crippen LogP contribution in [0.3, 0.4) is 0 Å². The van der Waals surface area contributed by atoms with Crippen molar-refractivity contribution in [2.45, 2.75) is 13.5 Å². The summed E-state index contributed by atoms with van der Waals surface area (Å²) in [4.78, 5) is 51.9. The molecule has 0 bridgehead atoms. The summed E-state index contributed by atoms with van der Waals surface area (Å²) in [6, 6.07) is 13.7. The van der Waals surface area contributed by atoms with Crippen molar-refractivity contribution in [3.05, 3.63) is 93.6 Å². The predicted octanol–water partition coefficient (Wildman–Crippen LogP) is 4.51. The molecule has 1 aromatic heterocycles. The van der Waals surface area contributed by atoms with Gasteiger partial charge in [0.15, 0.2) is 0 Å². The molecule has 0 radical (unpaired) electrons. The number of fused-ring (bicyclic) bond motifs is 1. The minimum absolute atomic E-state index is 0.0509. The van der Waals surface area contributed by atoms with Crippen LogP contribution in [0.4, 0.5) is 9.39 Å². The van der Waals surface area contributed by atoms with Gasteiger partial charge in [-0.3, -0.25) is 19.3 Å². The van der Waals surface area contributed by atoms with Gasteiger partial charge in [-0.1, -0.05) is 24.3 Å². The summed E-state index contributed by atoms with van der Waals surface area (Å²) in [6.45, 7) is 1.75. The number of imide groups is 1. The molecule has 3 aromatic rings. The number of esters is 1. The van der Waals surface area contributed by atoms with Gasteiger partial charge in [0.2, 0.25) is 5.91 Å². The van der Waals surface area contributed by atoms with Crippen molar-refractivity contribution in [2.75, 3.05) is 11.9 Å². The Labute approximate surface area is 198 Å². The van der Waals surface area contributed by atoms with Crippen LogP contribution in [-0.2, 0) is 16.1 Å². The van der Waals surface area contributed by atoms with Gasteiger partial charge in [0.25, 0.3) is 11.8 Å². The molecule has 0 atom stereocenters. The number of rotatable bonds is 7. The van der Waals surface area contributed by atoms with Crippen LogP contribution >= 0.6 is 11.3 Å². The maximum Gasteiger partial charge on any atom is 0.341 e. The largest absolute Gasteiger partial charge is 0.462 e. The van der Waals surface area contributed by atoms with Gasteiger partial charge in [-0.2, -0.15) is 0 Å². The summed E-state index contributed by atoms with van der Waals surface area (Å²) >= 11 is 1.07. The molecule has 172 valence electrons. The van der Waals surface area contributed by atoms with E-state index in [1.807, 2.05) is 0 Å². The second kappa shape index (κ2) is 9.80. The van der Waals surface area contributed by atoms with E-state index in [0.29, 0.717) is 21.6 Å². The van der Waals surface area contributed by atoms with E-state index in [2.05, 4.69) is 5.32 Å². The lowest BCUT2D eigenvalue weighted by molar-refractivity contribution is -0.111. The highest BCUT2D eigenvalue weighted by Gasteiger charge is 2.35. The fourth-order valence-electron chi connectivity index (χ4n) is 3.41. The van der Waals surface area contributed by atoms with E-state index in [1.54, 1.807) is 31.2 Å². The highest BCUT2D eigenvalue weighted by molar-refractivity contribution is 7.16. The Morgan fingerprint density at radius 1 is 1.06 bits per heavy atom. The van der Waals surface area contributed by atoms with Crippen LogP contribution in [0, 0.1) is 5.82 Å². The van der Waals surface area contributed by atoms with E-state index in [1.165, 1.54) is 42.5 Å². The summed E-state index contributed by atoms with van der Waals surface area (Å²) in [5, 5.41) is 2.88. The molecule has 1 aliphatic rings. The van der Waals surface area contributed by atoms with E-state index >= 15 is 0 Å². The molecule has 0 aliphatic carbocycles. The first kappa shape index (κ1) is 23.1. The first-order chi connectivity index (χ1) is 16.4. The Morgan fingerprint density at radius 3 is 2.32 bits per heavy atom. The lowest BCUT2D eigenvalue weighted by Gasteiger charge is -2.12. The number of ether oxygens (including phenoxy) is 1. The fraction of sp³-hybridized carbons (Fsp3) is 0.120. The minimum atomic E-state index is -0.634. The summed E-state index contributed by atoms with van der Waals surface area (Å²) in [5.74, 6) is -2.36. The van der Waals surface area contributed by atoms with Crippen molar-refractivity contribution >= 4 is 46.1 Å². The average Bonchev–Trinajstić information content (AvgIpc) is 3.33. The summed E-state index contributed by atoms with van der Waals surface area (Å²) < 4.78 is 18.1. The second-order valence-electron chi connectivity index (χ2n) is 7.29. The van der Waals surface area contributed by atoms with E-state index in [4.69, 9.17) is 4.74 Å². The Bertz CT molecular complexity index is 1280. The van der Waals surface area contributed by atoms with E-state index in [-0.39, 0.29) is 29.5 Å². The summed E-state index contributed by atoms with van der Waals surface area (Å²) in [7, 11) is 0. The lowest BCUT2D eigenvalue weighted by Crippen LogP contribution is -2.28. The predicted molar refractivity (Wildman–Crippen MR) is 125 cm³/mol. The molecule has 34 heavy (non-hydrogen) atoms. The van der Waals surface area contributed by atoms with Gasteiger partial charge in [-0.15, -0.1) is 11.3 Å². The van der Waals surface area contributed by atoms with Crippen molar-refractivity contribution in [2.24, 2.45) is 0 Å². The van der Waals surface area contributed by atoms with Gasteiger partial charge < -0.3 is 10.1 Å². The number of halogens is 1. The third-order valence-electron chi connectivity index (χ3n) is 5.00. The van der Waals surface area contributed by atoms with Gasteiger partial charge in [-0.05, 0) is 48.9 Å². The third-order valence-corrected chi connectivity index (χ3v) is 6.04. The molecular formula is C25H19FN2O5S. The number of carbonyl (C=O) groups excluding carboxylic acids is 4. The zero-order valence-electron chi connectivity index (χ0n) is 18.0. The zero-order chi connectivity index (χ0) is 24.2. The quantitative estimate of drug-likeness (QED) is 0.306. The van der Waals surface area contributed by atoms with E-state index in [0.717, 1.165) is 16.2 Å². The maximum absolute atomic E-state index is 13.0. The molecule has 3 amide bonds. The molecule has 1 aliphatic heterocycles. The van der Waals surface area contributed by atoms with Gasteiger partial charge in [0.1, 0.15) is 10.8 Å². The summed E-state index contributed by atoms with van der Waals surface area (Å²) in [6.07, 6.45) is 2.76. The molecule has 0 spiro atoms. The van der Waals surface area contributed by atoms with Crippen molar-refractivity contribution in [3.8, 4) is 0 Å². The first-order valence-corrected chi connectivity index (χ1v) is 11.2. The number of benzene rings is 2. The molecule has 0 fully saturated rings. The second-order valence-corrected chi connectivity index (χ2v) is 8.43. The number of carbonyl (C=O) groups is 4. The van der Waals surface area contributed by atoms with Crippen LogP contribution < -0.4 is 5.32 Å². The topological polar surface area (TPSA) is 92.8 Å². The number of nitrogens with one attached hydrogen (secondary N) is 1. The van der Waals surface area contributed by atoms with Gasteiger partial charge in [0.05, 0.1) is 29.8 Å². The molecular weight excluding hydrogens is 459 g/mol. The van der Waals surface area contributed by atoms with Gasteiger partial charge >= 0.3 is 5.97 Å². The smallest absolute Gasteiger partial charge is 0.341 e. The summed E-state index contributed by atoms with van der Waals surface area (Å²) in [5.41, 5.74) is 1.41. The number of hydrogen-bond donors (Lipinski definition) is 1.